The Bertz CT molecular complexity index is 400. The summed E-state index contributed by atoms with van der Waals surface area (Å²) in [5, 5.41) is 0. The second kappa shape index (κ2) is 5.55. The first-order valence-corrected chi connectivity index (χ1v) is 6.88. The molecule has 1 amide bonds. The zero-order chi connectivity index (χ0) is 13.1. The van der Waals surface area contributed by atoms with E-state index in [1.807, 2.05) is 4.90 Å². The van der Waals surface area contributed by atoms with Gasteiger partial charge < -0.3 is 4.90 Å². The maximum atomic E-state index is 12.3. The van der Waals surface area contributed by atoms with Gasteiger partial charge in [-0.3, -0.25) is 4.79 Å². The Hall–Kier alpha value is -1.31. The molecule has 1 aliphatic rings. The van der Waals surface area contributed by atoms with Crippen LogP contribution in [0.4, 0.5) is 0 Å². The van der Waals surface area contributed by atoms with Gasteiger partial charge in [0.15, 0.2) is 0 Å². The maximum Gasteiger partial charge on any atom is 0.227 e. The summed E-state index contributed by atoms with van der Waals surface area (Å²) in [6.45, 7) is 8.40. The van der Waals surface area contributed by atoms with E-state index in [2.05, 4.69) is 45.0 Å². The first-order chi connectivity index (χ1) is 8.54. The van der Waals surface area contributed by atoms with Gasteiger partial charge in [-0.1, -0.05) is 43.7 Å². The lowest BCUT2D eigenvalue weighted by Crippen LogP contribution is -2.43. The smallest absolute Gasteiger partial charge is 0.227 e. The van der Waals surface area contributed by atoms with Crippen LogP contribution in [-0.2, 0) is 11.2 Å². The molecule has 0 aliphatic carbocycles. The number of likely N-dealkylation sites (tertiary alicyclic amines) is 1. The van der Waals surface area contributed by atoms with E-state index in [1.54, 1.807) is 0 Å². The molecule has 1 fully saturated rings. The van der Waals surface area contributed by atoms with Crippen molar-refractivity contribution in [3.8, 4) is 0 Å². The molecule has 0 N–H and O–H groups in total. The molecule has 0 spiro atoms. The third kappa shape index (κ3) is 3.34. The number of piperidine rings is 1. The number of nitrogens with zero attached hydrogens (tertiary/aromatic N) is 1. The monoisotopic (exact) mass is 245 g/mol. The Morgan fingerprint density at radius 3 is 2.28 bits per heavy atom. The quantitative estimate of drug-likeness (QED) is 0.784. The van der Waals surface area contributed by atoms with Crippen molar-refractivity contribution in [2.24, 2.45) is 11.8 Å². The van der Waals surface area contributed by atoms with Gasteiger partial charge in [0.05, 0.1) is 6.42 Å². The Morgan fingerprint density at radius 1 is 1.17 bits per heavy atom. The molecular weight excluding hydrogens is 222 g/mol. The van der Waals surface area contributed by atoms with E-state index in [0.717, 1.165) is 18.7 Å². The van der Waals surface area contributed by atoms with E-state index >= 15 is 0 Å². The molecule has 0 radical (unpaired) electrons. The van der Waals surface area contributed by atoms with Crippen LogP contribution in [0.1, 0.15) is 31.4 Å². The molecule has 1 heterocycles. The van der Waals surface area contributed by atoms with Crippen molar-refractivity contribution in [2.45, 2.75) is 33.6 Å². The predicted octanol–water partition coefficient (Wildman–Crippen LogP) is 3.04. The van der Waals surface area contributed by atoms with Crippen LogP contribution in [-0.4, -0.2) is 23.9 Å². The fourth-order valence-corrected chi connectivity index (χ4v) is 2.86. The Kier molecular flexibility index (Phi) is 4.05. The van der Waals surface area contributed by atoms with Crippen molar-refractivity contribution in [1.29, 1.82) is 0 Å². The average molecular weight is 245 g/mol. The molecule has 0 bridgehead atoms. The number of amides is 1. The summed E-state index contributed by atoms with van der Waals surface area (Å²) >= 11 is 0. The van der Waals surface area contributed by atoms with E-state index in [4.69, 9.17) is 0 Å². The summed E-state index contributed by atoms with van der Waals surface area (Å²) in [4.78, 5) is 14.3. The standard InChI is InChI=1S/C16H23NO/c1-12-4-6-15(7-5-12)9-16(18)17-10-13(2)8-14(3)11-17/h4-7,13-14H,8-11H2,1-3H3/t13-,14-/m1/s1. The highest BCUT2D eigenvalue weighted by Gasteiger charge is 2.25. The van der Waals surface area contributed by atoms with E-state index in [1.165, 1.54) is 12.0 Å². The van der Waals surface area contributed by atoms with Crippen molar-refractivity contribution >= 4 is 5.91 Å². The van der Waals surface area contributed by atoms with E-state index in [0.29, 0.717) is 18.3 Å². The molecule has 1 aliphatic heterocycles. The van der Waals surface area contributed by atoms with Gasteiger partial charge in [0, 0.05) is 13.1 Å². The lowest BCUT2D eigenvalue weighted by Gasteiger charge is -2.35. The number of carbonyl (C=O) groups excluding carboxylic acids is 1. The number of aryl methyl sites for hydroxylation is 1. The molecule has 2 atom stereocenters. The first kappa shape index (κ1) is 13.1. The molecule has 98 valence electrons. The van der Waals surface area contributed by atoms with Crippen molar-refractivity contribution in [1.82, 2.24) is 4.90 Å². The second-order valence-electron chi connectivity index (χ2n) is 5.91. The molecule has 2 rings (SSSR count). The number of benzene rings is 1. The predicted molar refractivity (Wildman–Crippen MR) is 74.4 cm³/mol. The van der Waals surface area contributed by atoms with E-state index < -0.39 is 0 Å². The SMILES string of the molecule is Cc1ccc(CC(=O)N2C[C@H](C)C[C@@H](C)C2)cc1. The van der Waals surface area contributed by atoms with Crippen molar-refractivity contribution in [2.75, 3.05) is 13.1 Å². The Labute approximate surface area is 110 Å². The number of carbonyl (C=O) groups is 1. The van der Waals surface area contributed by atoms with Gasteiger partial charge in [-0.05, 0) is 30.7 Å². The van der Waals surface area contributed by atoms with Crippen LogP contribution in [0.5, 0.6) is 0 Å². The topological polar surface area (TPSA) is 20.3 Å². The lowest BCUT2D eigenvalue weighted by atomic mass is 9.91. The fourth-order valence-electron chi connectivity index (χ4n) is 2.86. The van der Waals surface area contributed by atoms with Crippen LogP contribution < -0.4 is 0 Å². The largest absolute Gasteiger partial charge is 0.342 e. The number of rotatable bonds is 2. The van der Waals surface area contributed by atoms with Crippen LogP contribution in [0.3, 0.4) is 0 Å². The highest BCUT2D eigenvalue weighted by Crippen LogP contribution is 2.21. The van der Waals surface area contributed by atoms with Gasteiger partial charge in [-0.2, -0.15) is 0 Å². The number of hydrogen-bond donors (Lipinski definition) is 0. The molecule has 1 aromatic rings. The zero-order valence-electron chi connectivity index (χ0n) is 11.6. The summed E-state index contributed by atoms with van der Waals surface area (Å²) in [7, 11) is 0. The molecule has 1 aromatic carbocycles. The fraction of sp³-hybridized carbons (Fsp3) is 0.562. The molecule has 1 saturated heterocycles. The van der Waals surface area contributed by atoms with Gasteiger partial charge in [0.2, 0.25) is 5.91 Å². The minimum absolute atomic E-state index is 0.275. The van der Waals surface area contributed by atoms with Gasteiger partial charge in [0.1, 0.15) is 0 Å². The van der Waals surface area contributed by atoms with Crippen LogP contribution in [0.25, 0.3) is 0 Å². The summed E-state index contributed by atoms with van der Waals surface area (Å²) < 4.78 is 0. The molecule has 0 aromatic heterocycles. The summed E-state index contributed by atoms with van der Waals surface area (Å²) in [5.41, 5.74) is 2.36. The van der Waals surface area contributed by atoms with Crippen molar-refractivity contribution in [3.05, 3.63) is 35.4 Å². The zero-order valence-corrected chi connectivity index (χ0v) is 11.6. The normalized spacial score (nSPS) is 24.1. The minimum Gasteiger partial charge on any atom is -0.342 e. The van der Waals surface area contributed by atoms with Crippen molar-refractivity contribution in [3.63, 3.8) is 0 Å². The third-order valence-corrected chi connectivity index (χ3v) is 3.70. The maximum absolute atomic E-state index is 12.3. The van der Waals surface area contributed by atoms with Gasteiger partial charge in [-0.15, -0.1) is 0 Å². The highest BCUT2D eigenvalue weighted by atomic mass is 16.2. The molecule has 0 saturated carbocycles. The summed E-state index contributed by atoms with van der Waals surface area (Å²) in [6.07, 6.45) is 1.79. The Morgan fingerprint density at radius 2 is 1.72 bits per heavy atom. The second-order valence-corrected chi connectivity index (χ2v) is 5.91. The minimum atomic E-state index is 0.275. The third-order valence-electron chi connectivity index (χ3n) is 3.70. The molecule has 0 unspecified atom stereocenters. The van der Waals surface area contributed by atoms with E-state index in [9.17, 15) is 4.79 Å². The number of hydrogen-bond acceptors (Lipinski definition) is 1. The van der Waals surface area contributed by atoms with Crippen LogP contribution >= 0.6 is 0 Å². The van der Waals surface area contributed by atoms with Crippen LogP contribution in [0.2, 0.25) is 0 Å². The Balaban J connectivity index is 1.97. The lowest BCUT2D eigenvalue weighted by molar-refractivity contribution is -0.133. The molecule has 2 nitrogen and oxygen atoms in total. The van der Waals surface area contributed by atoms with Crippen molar-refractivity contribution < 1.29 is 4.79 Å². The average Bonchev–Trinajstić information content (AvgIpc) is 2.31. The molecule has 2 heteroatoms. The van der Waals surface area contributed by atoms with Gasteiger partial charge in [0.25, 0.3) is 0 Å². The highest BCUT2D eigenvalue weighted by molar-refractivity contribution is 5.78. The molecular formula is C16H23NO. The van der Waals surface area contributed by atoms with Crippen LogP contribution in [0.15, 0.2) is 24.3 Å². The van der Waals surface area contributed by atoms with Gasteiger partial charge >= 0.3 is 0 Å². The van der Waals surface area contributed by atoms with Gasteiger partial charge in [-0.25, -0.2) is 0 Å². The first-order valence-electron chi connectivity index (χ1n) is 6.88. The van der Waals surface area contributed by atoms with E-state index in [-0.39, 0.29) is 5.91 Å². The van der Waals surface area contributed by atoms with Crippen LogP contribution in [0, 0.1) is 18.8 Å². The molecule has 18 heavy (non-hydrogen) atoms. The summed E-state index contributed by atoms with van der Waals surface area (Å²) in [5.74, 6) is 1.55. The summed E-state index contributed by atoms with van der Waals surface area (Å²) in [6, 6.07) is 8.27.